The summed E-state index contributed by atoms with van der Waals surface area (Å²) in [7, 11) is 0. The quantitative estimate of drug-likeness (QED) is 0.183. The number of aliphatic carboxylic acids is 2. The molecule has 1 saturated heterocycles. The van der Waals surface area contributed by atoms with E-state index in [9.17, 15) is 40.2 Å². The van der Waals surface area contributed by atoms with E-state index in [0.29, 0.717) is 25.7 Å². The van der Waals surface area contributed by atoms with Crippen LogP contribution < -0.4 is 0 Å². The predicted octanol–water partition coefficient (Wildman–Crippen LogP) is 3.98. The van der Waals surface area contributed by atoms with E-state index in [1.54, 1.807) is 6.92 Å². The Morgan fingerprint density at radius 3 is 2.11 bits per heavy atom. The van der Waals surface area contributed by atoms with Gasteiger partial charge >= 0.3 is 11.9 Å². The average Bonchev–Trinajstić information content (AvgIpc) is 3.40. The highest BCUT2D eigenvalue weighted by atomic mass is 16.7. The van der Waals surface area contributed by atoms with Crippen molar-refractivity contribution in [3.8, 4) is 0 Å². The van der Waals surface area contributed by atoms with Crippen molar-refractivity contribution >= 4 is 11.9 Å². The van der Waals surface area contributed by atoms with Gasteiger partial charge in [-0.05, 0) is 124 Å². The number of fused-ring (bicyclic) bond motifs is 7. The van der Waals surface area contributed by atoms with Crippen molar-refractivity contribution in [1.29, 1.82) is 0 Å². The molecule has 5 aliphatic carbocycles. The van der Waals surface area contributed by atoms with Gasteiger partial charge in [0, 0.05) is 0 Å². The normalized spacial score (nSPS) is 54.9. The smallest absolute Gasteiger partial charge is 0.312 e. The number of rotatable bonds is 6. The van der Waals surface area contributed by atoms with Crippen molar-refractivity contribution in [2.75, 3.05) is 6.61 Å². The molecular formula is C36H56O10. The fourth-order valence-electron chi connectivity index (χ4n) is 13.0. The minimum absolute atomic E-state index is 0.0662. The van der Waals surface area contributed by atoms with Crippen LogP contribution in [-0.4, -0.2) is 86.0 Å². The second kappa shape index (κ2) is 11.2. The Bertz CT molecular complexity index is 1250. The van der Waals surface area contributed by atoms with E-state index in [4.69, 9.17) is 9.47 Å². The number of carboxylic acid groups (broad SMARTS) is 2. The van der Waals surface area contributed by atoms with E-state index in [1.165, 1.54) is 0 Å². The van der Waals surface area contributed by atoms with Gasteiger partial charge in [0.1, 0.15) is 24.4 Å². The lowest BCUT2D eigenvalue weighted by Crippen LogP contribution is -2.69. The highest BCUT2D eigenvalue weighted by molar-refractivity contribution is 5.77. The second-order valence-electron chi connectivity index (χ2n) is 17.1. The van der Waals surface area contributed by atoms with E-state index >= 15 is 0 Å². The van der Waals surface area contributed by atoms with Gasteiger partial charge in [-0.3, -0.25) is 9.59 Å². The predicted molar refractivity (Wildman–Crippen MR) is 167 cm³/mol. The van der Waals surface area contributed by atoms with Crippen LogP contribution in [0.15, 0.2) is 12.2 Å². The molecule has 5 saturated carbocycles. The van der Waals surface area contributed by atoms with Gasteiger partial charge in [0.05, 0.1) is 23.5 Å². The van der Waals surface area contributed by atoms with Gasteiger partial charge in [-0.25, -0.2) is 0 Å². The molecule has 10 heteroatoms. The summed E-state index contributed by atoms with van der Waals surface area (Å²) in [5, 5.41) is 62.5. The Kier molecular flexibility index (Phi) is 8.38. The number of allylic oxidation sites excluding steroid dienone is 1. The van der Waals surface area contributed by atoms with Gasteiger partial charge in [0.2, 0.25) is 0 Å². The van der Waals surface area contributed by atoms with Crippen molar-refractivity contribution in [3.63, 3.8) is 0 Å². The van der Waals surface area contributed by atoms with Crippen LogP contribution >= 0.6 is 0 Å². The average molecular weight is 649 g/mol. The summed E-state index contributed by atoms with van der Waals surface area (Å²) in [5.41, 5.74) is -1.41. The number of carboxylic acids is 2. The highest BCUT2D eigenvalue weighted by Crippen LogP contribution is 2.77. The van der Waals surface area contributed by atoms with Crippen LogP contribution in [0.1, 0.15) is 98.8 Å². The molecule has 0 aromatic rings. The Morgan fingerprint density at radius 2 is 1.50 bits per heavy atom. The first-order valence-corrected chi connectivity index (χ1v) is 17.5. The third-order valence-electron chi connectivity index (χ3n) is 15.7. The lowest BCUT2D eigenvalue weighted by Gasteiger charge is -2.72. The summed E-state index contributed by atoms with van der Waals surface area (Å²) in [4.78, 5) is 26.3. The zero-order chi connectivity index (χ0) is 33.8. The first-order valence-electron chi connectivity index (χ1n) is 17.5. The summed E-state index contributed by atoms with van der Waals surface area (Å²) in [6, 6.07) is 0. The Balaban J connectivity index is 1.31. The molecule has 10 nitrogen and oxygen atoms in total. The van der Waals surface area contributed by atoms with Gasteiger partial charge in [0.15, 0.2) is 6.29 Å². The van der Waals surface area contributed by atoms with Gasteiger partial charge < -0.3 is 40.1 Å². The Morgan fingerprint density at radius 1 is 0.804 bits per heavy atom. The molecule has 16 atom stereocenters. The maximum atomic E-state index is 13.3. The molecule has 6 fully saturated rings. The topological polar surface area (TPSA) is 174 Å². The SMILES string of the molecule is C=C(C)[C@@H]1CC[C@]2(C(=O)O)CC[C@]3(C)[C@H](CC[C@@H]4[C@@]5(C)CC[C@@H](O[C@@H]6O[C@H](CO)[C@@H](O)[C@H](O)[C@H]6O)[C@](C)(C(=O)O)[C@@H]5CC[C@]43C)[C@@H]12. The molecule has 0 radical (unpaired) electrons. The van der Waals surface area contributed by atoms with E-state index in [1.807, 2.05) is 0 Å². The van der Waals surface area contributed by atoms with Gasteiger partial charge in [0.25, 0.3) is 0 Å². The van der Waals surface area contributed by atoms with Crippen LogP contribution in [0.2, 0.25) is 0 Å². The fraction of sp³-hybridized carbons (Fsp3) is 0.889. The number of carbonyl (C=O) groups is 2. The molecule has 6 rings (SSSR count). The van der Waals surface area contributed by atoms with Crippen molar-refractivity contribution in [2.45, 2.75) is 136 Å². The molecule has 6 aliphatic rings. The summed E-state index contributed by atoms with van der Waals surface area (Å²) in [6.45, 7) is 14.6. The minimum Gasteiger partial charge on any atom is -0.481 e. The first-order chi connectivity index (χ1) is 21.4. The van der Waals surface area contributed by atoms with Gasteiger partial charge in [-0.15, -0.1) is 0 Å². The second-order valence-corrected chi connectivity index (χ2v) is 17.1. The summed E-state index contributed by atoms with van der Waals surface area (Å²) in [5.74, 6) is -1.07. The van der Waals surface area contributed by atoms with Gasteiger partial charge in [-0.1, -0.05) is 32.9 Å². The van der Waals surface area contributed by atoms with E-state index in [0.717, 1.165) is 44.1 Å². The third-order valence-corrected chi connectivity index (χ3v) is 15.7. The molecule has 0 amide bonds. The molecular weight excluding hydrogens is 592 g/mol. The van der Waals surface area contributed by atoms with E-state index < -0.39 is 66.2 Å². The lowest BCUT2D eigenvalue weighted by atomic mass is 9.32. The summed E-state index contributed by atoms with van der Waals surface area (Å²) < 4.78 is 11.9. The summed E-state index contributed by atoms with van der Waals surface area (Å²) >= 11 is 0. The van der Waals surface area contributed by atoms with Crippen molar-refractivity contribution < 1.29 is 49.7 Å². The maximum Gasteiger partial charge on any atom is 0.312 e. The molecule has 46 heavy (non-hydrogen) atoms. The minimum atomic E-state index is -1.60. The largest absolute Gasteiger partial charge is 0.481 e. The molecule has 1 heterocycles. The monoisotopic (exact) mass is 648 g/mol. The van der Waals surface area contributed by atoms with Gasteiger partial charge in [-0.2, -0.15) is 0 Å². The zero-order valence-electron chi connectivity index (χ0n) is 28.2. The lowest BCUT2D eigenvalue weighted by molar-refractivity contribution is -0.331. The van der Waals surface area contributed by atoms with Crippen LogP contribution in [0.4, 0.5) is 0 Å². The third kappa shape index (κ3) is 4.35. The molecule has 260 valence electrons. The first kappa shape index (κ1) is 34.3. The highest BCUT2D eigenvalue weighted by Gasteiger charge is 2.73. The van der Waals surface area contributed by atoms with Crippen molar-refractivity contribution in [1.82, 2.24) is 0 Å². The summed E-state index contributed by atoms with van der Waals surface area (Å²) in [6.07, 6.45) is -0.444. The zero-order valence-corrected chi connectivity index (χ0v) is 28.2. The van der Waals surface area contributed by atoms with Crippen LogP contribution in [0.5, 0.6) is 0 Å². The number of aliphatic hydroxyl groups excluding tert-OH is 4. The number of aliphatic hydroxyl groups is 4. The number of ether oxygens (including phenoxy) is 2. The van der Waals surface area contributed by atoms with Crippen LogP contribution in [-0.2, 0) is 19.1 Å². The van der Waals surface area contributed by atoms with Crippen molar-refractivity contribution in [3.05, 3.63) is 12.2 Å². The molecule has 0 bridgehead atoms. The fourth-order valence-corrected chi connectivity index (χ4v) is 13.0. The van der Waals surface area contributed by atoms with Crippen LogP contribution in [0.25, 0.3) is 0 Å². The van der Waals surface area contributed by atoms with E-state index in [2.05, 4.69) is 34.3 Å². The van der Waals surface area contributed by atoms with Crippen LogP contribution in [0.3, 0.4) is 0 Å². The Labute approximate surface area is 272 Å². The molecule has 0 unspecified atom stereocenters. The standard InChI is InChI=1S/C36H56O10/c1-18(2)19-9-14-36(31(43)44)16-15-33(4)20(25(19)36)7-8-22-32(3)12-11-24(35(6,30(41)42)23(32)10-13-34(22,33)5)46-29-28(40)27(39)26(38)21(17-37)45-29/h19-29,37-40H,1,7-17H2,2-6H3,(H,41,42)(H,43,44)/t19-,20+,21+,22+,23+,24+,25+,26+,27-,28+,29-,32+,33+,34+,35+,36-/m0/s1. The molecule has 0 aromatic heterocycles. The van der Waals surface area contributed by atoms with Crippen LogP contribution in [0, 0.1) is 56.7 Å². The molecule has 0 aromatic carbocycles. The Hall–Kier alpha value is -1.56. The maximum absolute atomic E-state index is 13.3. The van der Waals surface area contributed by atoms with E-state index in [-0.39, 0.29) is 45.8 Å². The van der Waals surface area contributed by atoms with Crippen molar-refractivity contribution in [2.24, 2.45) is 56.7 Å². The number of hydrogen-bond donors (Lipinski definition) is 6. The molecule has 6 N–H and O–H groups in total. The molecule has 0 spiro atoms. The number of hydrogen-bond acceptors (Lipinski definition) is 8. The molecule has 1 aliphatic heterocycles.